The molecule has 0 spiro atoms. The van der Waals surface area contributed by atoms with Crippen LogP contribution in [-0.2, 0) is 16.5 Å². The third kappa shape index (κ3) is 2.57. The van der Waals surface area contributed by atoms with E-state index in [0.29, 0.717) is 16.5 Å². The standard InChI is InChI=1S/C10H8BrNO2/c11-5-9-3-7(4-10(13)14)1-2-8(9)6-12/h1-3H,4-5H2,(H,13,14). The summed E-state index contributed by atoms with van der Waals surface area (Å²) in [5, 5.41) is 17.9. The monoisotopic (exact) mass is 253 g/mol. The number of carboxylic acid groups (broad SMARTS) is 1. The molecule has 14 heavy (non-hydrogen) atoms. The van der Waals surface area contributed by atoms with Crippen LogP contribution in [0.15, 0.2) is 18.2 Å². The lowest BCUT2D eigenvalue weighted by Gasteiger charge is -2.02. The fraction of sp³-hybridized carbons (Fsp3) is 0.200. The molecule has 0 saturated heterocycles. The molecule has 1 N–H and O–H groups in total. The highest BCUT2D eigenvalue weighted by Gasteiger charge is 2.05. The molecular weight excluding hydrogens is 246 g/mol. The van der Waals surface area contributed by atoms with E-state index >= 15 is 0 Å². The summed E-state index contributed by atoms with van der Waals surface area (Å²) in [6.07, 6.45) is -0.00823. The topological polar surface area (TPSA) is 61.1 Å². The molecule has 0 aromatic heterocycles. The van der Waals surface area contributed by atoms with Gasteiger partial charge in [0.15, 0.2) is 0 Å². The Morgan fingerprint density at radius 3 is 2.79 bits per heavy atom. The van der Waals surface area contributed by atoms with Gasteiger partial charge in [-0.2, -0.15) is 5.26 Å². The van der Waals surface area contributed by atoms with Crippen LogP contribution in [0.4, 0.5) is 0 Å². The highest BCUT2D eigenvalue weighted by molar-refractivity contribution is 9.08. The summed E-state index contributed by atoms with van der Waals surface area (Å²) in [4.78, 5) is 10.4. The Hall–Kier alpha value is -1.34. The maximum absolute atomic E-state index is 10.4. The third-order valence-corrected chi connectivity index (χ3v) is 2.39. The van der Waals surface area contributed by atoms with Crippen molar-refractivity contribution in [3.8, 4) is 6.07 Å². The smallest absolute Gasteiger partial charge is 0.307 e. The van der Waals surface area contributed by atoms with Crippen LogP contribution in [0.25, 0.3) is 0 Å². The van der Waals surface area contributed by atoms with Crippen LogP contribution in [0.1, 0.15) is 16.7 Å². The summed E-state index contributed by atoms with van der Waals surface area (Å²) in [5.41, 5.74) is 2.12. The fourth-order valence-corrected chi connectivity index (χ4v) is 1.62. The quantitative estimate of drug-likeness (QED) is 0.840. The summed E-state index contributed by atoms with van der Waals surface area (Å²) in [7, 11) is 0. The maximum atomic E-state index is 10.4. The number of alkyl halides is 1. The minimum absolute atomic E-state index is 0.00823. The van der Waals surface area contributed by atoms with Crippen molar-refractivity contribution in [3.63, 3.8) is 0 Å². The van der Waals surface area contributed by atoms with E-state index in [1.165, 1.54) is 0 Å². The van der Waals surface area contributed by atoms with E-state index in [1.54, 1.807) is 18.2 Å². The number of halogens is 1. The molecule has 0 aliphatic heterocycles. The third-order valence-electron chi connectivity index (χ3n) is 1.79. The van der Waals surface area contributed by atoms with Gasteiger partial charge < -0.3 is 5.11 Å². The van der Waals surface area contributed by atoms with Crippen LogP contribution in [0, 0.1) is 11.3 Å². The lowest BCUT2D eigenvalue weighted by molar-refractivity contribution is -0.136. The molecule has 0 amide bonds. The van der Waals surface area contributed by atoms with Gasteiger partial charge in [0.2, 0.25) is 0 Å². The second kappa shape index (κ2) is 4.77. The number of carbonyl (C=O) groups is 1. The number of hydrogen-bond donors (Lipinski definition) is 1. The summed E-state index contributed by atoms with van der Waals surface area (Å²) < 4.78 is 0. The van der Waals surface area contributed by atoms with Gasteiger partial charge in [-0.3, -0.25) is 4.79 Å². The fourth-order valence-electron chi connectivity index (χ4n) is 1.15. The van der Waals surface area contributed by atoms with E-state index in [0.717, 1.165) is 5.56 Å². The summed E-state index contributed by atoms with van der Waals surface area (Å²) in [6.45, 7) is 0. The van der Waals surface area contributed by atoms with Crippen LogP contribution < -0.4 is 0 Å². The van der Waals surface area contributed by atoms with E-state index in [9.17, 15) is 4.79 Å². The molecule has 0 bridgehead atoms. The lowest BCUT2D eigenvalue weighted by atomic mass is 10.0. The van der Waals surface area contributed by atoms with Gasteiger partial charge in [-0.25, -0.2) is 0 Å². The van der Waals surface area contributed by atoms with Crippen molar-refractivity contribution in [2.24, 2.45) is 0 Å². The molecule has 0 aliphatic rings. The molecule has 0 fully saturated rings. The normalized spacial score (nSPS) is 9.43. The van der Waals surface area contributed by atoms with Gasteiger partial charge in [0.1, 0.15) is 0 Å². The van der Waals surface area contributed by atoms with Gasteiger partial charge in [0.25, 0.3) is 0 Å². The van der Waals surface area contributed by atoms with Crippen LogP contribution in [0.5, 0.6) is 0 Å². The van der Waals surface area contributed by atoms with Gasteiger partial charge in [0, 0.05) is 5.33 Å². The van der Waals surface area contributed by atoms with Crippen molar-refractivity contribution in [1.82, 2.24) is 0 Å². The first-order valence-electron chi connectivity index (χ1n) is 3.97. The van der Waals surface area contributed by atoms with Gasteiger partial charge in [0.05, 0.1) is 18.1 Å². The molecule has 1 aromatic carbocycles. The number of rotatable bonds is 3. The van der Waals surface area contributed by atoms with E-state index < -0.39 is 5.97 Å². The van der Waals surface area contributed by atoms with Crippen molar-refractivity contribution >= 4 is 21.9 Å². The molecule has 3 nitrogen and oxygen atoms in total. The lowest BCUT2D eigenvalue weighted by Crippen LogP contribution is -2.01. The Balaban J connectivity index is 3.03. The highest BCUT2D eigenvalue weighted by Crippen LogP contribution is 2.14. The number of carboxylic acids is 1. The van der Waals surface area contributed by atoms with Crippen LogP contribution in [0.2, 0.25) is 0 Å². The van der Waals surface area contributed by atoms with E-state index in [1.807, 2.05) is 6.07 Å². The predicted molar refractivity (Wildman–Crippen MR) is 55.1 cm³/mol. The summed E-state index contributed by atoms with van der Waals surface area (Å²) in [6, 6.07) is 7.10. The molecule has 1 rings (SSSR count). The van der Waals surface area contributed by atoms with E-state index in [-0.39, 0.29) is 6.42 Å². The zero-order valence-electron chi connectivity index (χ0n) is 7.33. The molecule has 0 atom stereocenters. The average molecular weight is 254 g/mol. The molecule has 72 valence electrons. The van der Waals surface area contributed by atoms with E-state index in [2.05, 4.69) is 15.9 Å². The van der Waals surface area contributed by atoms with Crippen LogP contribution in [0.3, 0.4) is 0 Å². The molecule has 4 heteroatoms. The molecule has 0 heterocycles. The zero-order chi connectivity index (χ0) is 10.6. The molecule has 0 saturated carbocycles. The number of nitrogens with zero attached hydrogens (tertiary/aromatic N) is 1. The Kier molecular flexibility index (Phi) is 3.66. The number of benzene rings is 1. The van der Waals surface area contributed by atoms with Gasteiger partial charge >= 0.3 is 5.97 Å². The Morgan fingerprint density at radius 2 is 2.29 bits per heavy atom. The van der Waals surface area contributed by atoms with Crippen molar-refractivity contribution < 1.29 is 9.90 Å². The van der Waals surface area contributed by atoms with E-state index in [4.69, 9.17) is 10.4 Å². The molecule has 0 unspecified atom stereocenters. The Morgan fingerprint density at radius 1 is 1.57 bits per heavy atom. The number of hydrogen-bond acceptors (Lipinski definition) is 2. The maximum Gasteiger partial charge on any atom is 0.307 e. The average Bonchev–Trinajstić information content (AvgIpc) is 2.16. The Bertz CT molecular complexity index is 396. The van der Waals surface area contributed by atoms with Gasteiger partial charge in [-0.15, -0.1) is 0 Å². The minimum Gasteiger partial charge on any atom is -0.481 e. The van der Waals surface area contributed by atoms with Crippen LogP contribution >= 0.6 is 15.9 Å². The van der Waals surface area contributed by atoms with Crippen molar-refractivity contribution in [2.75, 3.05) is 0 Å². The first kappa shape index (κ1) is 10.7. The highest BCUT2D eigenvalue weighted by atomic mass is 79.9. The molecule has 0 aliphatic carbocycles. The molecular formula is C10H8BrNO2. The van der Waals surface area contributed by atoms with Crippen molar-refractivity contribution in [1.29, 1.82) is 5.26 Å². The van der Waals surface area contributed by atoms with Gasteiger partial charge in [-0.1, -0.05) is 28.1 Å². The SMILES string of the molecule is N#Cc1ccc(CC(=O)O)cc1CBr. The predicted octanol–water partition coefficient (Wildman–Crippen LogP) is 2.08. The largest absolute Gasteiger partial charge is 0.481 e. The molecule has 0 radical (unpaired) electrons. The Labute approximate surface area is 90.1 Å². The second-order valence-electron chi connectivity index (χ2n) is 2.81. The van der Waals surface area contributed by atoms with Gasteiger partial charge in [-0.05, 0) is 17.2 Å². The first-order chi connectivity index (χ1) is 6.67. The molecule has 1 aromatic rings. The zero-order valence-corrected chi connectivity index (χ0v) is 8.91. The number of aliphatic carboxylic acids is 1. The van der Waals surface area contributed by atoms with Crippen LogP contribution in [-0.4, -0.2) is 11.1 Å². The first-order valence-corrected chi connectivity index (χ1v) is 5.09. The summed E-state index contributed by atoms with van der Waals surface area (Å²) in [5.74, 6) is -0.866. The minimum atomic E-state index is -0.866. The van der Waals surface area contributed by atoms with Crippen molar-refractivity contribution in [2.45, 2.75) is 11.8 Å². The summed E-state index contributed by atoms with van der Waals surface area (Å²) >= 11 is 3.25. The van der Waals surface area contributed by atoms with Crippen molar-refractivity contribution in [3.05, 3.63) is 34.9 Å². The second-order valence-corrected chi connectivity index (χ2v) is 3.37. The number of nitriles is 1.